The van der Waals surface area contributed by atoms with Crippen LogP contribution in [0, 0.1) is 5.82 Å². The van der Waals surface area contributed by atoms with Crippen LogP contribution in [0.1, 0.15) is 12.8 Å². The second kappa shape index (κ2) is 10.0. The summed E-state index contributed by atoms with van der Waals surface area (Å²) in [5.41, 5.74) is 8.94. The molecule has 4 aliphatic heterocycles. The Morgan fingerprint density at radius 2 is 1.89 bits per heavy atom. The van der Waals surface area contributed by atoms with Crippen molar-refractivity contribution in [1.29, 1.82) is 0 Å². The summed E-state index contributed by atoms with van der Waals surface area (Å²) in [6, 6.07) is 13.8. The molecule has 2 atom stereocenters. The maximum Gasteiger partial charge on any atom is 0.169 e. The first-order valence-electron chi connectivity index (χ1n) is 12.8. The zero-order valence-corrected chi connectivity index (χ0v) is 20.5. The Morgan fingerprint density at radius 3 is 2.73 bits per heavy atom. The van der Waals surface area contributed by atoms with Gasteiger partial charge in [-0.25, -0.2) is 4.39 Å². The second-order valence-corrected chi connectivity index (χ2v) is 9.90. The number of nitrogen functional groups attached to an aromatic ring is 1. The fourth-order valence-electron chi connectivity index (χ4n) is 5.46. The molecule has 10 heteroatoms. The third kappa shape index (κ3) is 4.99. The number of anilines is 3. The standard InChI is InChI=1S/C27H31FN6O3/c28-17-9-18(11-21(10-17)37-20-5-7-30-8-6-20)34-15-22-14-33(13-19(34)16-36-22)25-12-24(31-32-27(25)29)23-3-1-2-4-26(23)35/h1-4,9-12,19-20,22,30,35H,5-8,13-16H2,(H2,29,32)/t19-,22?/m1/s1. The van der Waals surface area contributed by atoms with E-state index in [4.69, 9.17) is 15.2 Å². The average Bonchev–Trinajstić information content (AvgIpc) is 3.22. The van der Waals surface area contributed by atoms with Crippen molar-refractivity contribution in [3.63, 3.8) is 0 Å². The molecule has 194 valence electrons. The Kier molecular flexibility index (Phi) is 6.43. The van der Waals surface area contributed by atoms with E-state index in [1.54, 1.807) is 24.3 Å². The Bertz CT molecular complexity index is 1270. The van der Waals surface area contributed by atoms with E-state index in [2.05, 4.69) is 25.3 Å². The number of morpholine rings is 1. The molecule has 0 radical (unpaired) electrons. The molecule has 2 aromatic carbocycles. The predicted octanol–water partition coefficient (Wildman–Crippen LogP) is 2.80. The van der Waals surface area contributed by atoms with Crippen molar-refractivity contribution in [2.75, 3.05) is 54.9 Å². The molecule has 37 heavy (non-hydrogen) atoms. The summed E-state index contributed by atoms with van der Waals surface area (Å²) >= 11 is 0. The molecule has 0 amide bonds. The largest absolute Gasteiger partial charge is 0.507 e. The molecular weight excluding hydrogens is 475 g/mol. The highest BCUT2D eigenvalue weighted by atomic mass is 19.1. The summed E-state index contributed by atoms with van der Waals surface area (Å²) < 4.78 is 27.0. The predicted molar refractivity (Wildman–Crippen MR) is 140 cm³/mol. The molecule has 3 aromatic rings. The van der Waals surface area contributed by atoms with Crippen LogP contribution in [0.3, 0.4) is 0 Å². The number of halogens is 1. The SMILES string of the molecule is Nc1nnc(-c2ccccc2O)cc1N1CC2CN(c3cc(F)cc(OC4CCNCC4)c3)[C@@H](CO2)C1. The molecule has 4 N–H and O–H groups in total. The minimum atomic E-state index is -0.311. The molecule has 1 unspecified atom stereocenters. The lowest BCUT2D eigenvalue weighted by molar-refractivity contribution is 0.0399. The van der Waals surface area contributed by atoms with E-state index >= 15 is 0 Å². The zero-order chi connectivity index (χ0) is 25.4. The van der Waals surface area contributed by atoms with Crippen LogP contribution in [0.25, 0.3) is 11.3 Å². The highest BCUT2D eigenvalue weighted by molar-refractivity contribution is 5.74. The van der Waals surface area contributed by atoms with E-state index in [-0.39, 0.29) is 29.8 Å². The number of piperidine rings is 1. The van der Waals surface area contributed by atoms with E-state index in [1.165, 1.54) is 6.07 Å². The number of para-hydroxylation sites is 1. The van der Waals surface area contributed by atoms with Crippen molar-refractivity contribution in [3.8, 4) is 22.8 Å². The summed E-state index contributed by atoms with van der Waals surface area (Å²) in [7, 11) is 0. The normalized spacial score (nSPS) is 22.2. The molecule has 4 fully saturated rings. The van der Waals surface area contributed by atoms with Crippen LogP contribution >= 0.6 is 0 Å². The molecule has 2 bridgehead atoms. The first-order chi connectivity index (χ1) is 18.0. The summed E-state index contributed by atoms with van der Waals surface area (Å²) in [5, 5.41) is 22.0. The zero-order valence-electron chi connectivity index (χ0n) is 20.5. The van der Waals surface area contributed by atoms with Gasteiger partial charge in [-0.3, -0.25) is 0 Å². The lowest BCUT2D eigenvalue weighted by Crippen LogP contribution is -2.49. The molecule has 0 aliphatic carbocycles. The van der Waals surface area contributed by atoms with Gasteiger partial charge in [0.05, 0.1) is 30.1 Å². The lowest BCUT2D eigenvalue weighted by Gasteiger charge is -2.38. The number of hydrogen-bond acceptors (Lipinski definition) is 9. The quantitative estimate of drug-likeness (QED) is 0.481. The second-order valence-electron chi connectivity index (χ2n) is 9.90. The van der Waals surface area contributed by atoms with Crippen molar-refractivity contribution in [1.82, 2.24) is 15.5 Å². The van der Waals surface area contributed by atoms with Gasteiger partial charge in [-0.1, -0.05) is 12.1 Å². The first kappa shape index (κ1) is 23.7. The van der Waals surface area contributed by atoms with Gasteiger partial charge < -0.3 is 35.4 Å². The third-order valence-electron chi connectivity index (χ3n) is 7.32. The van der Waals surface area contributed by atoms with E-state index in [1.807, 2.05) is 18.2 Å². The minimum Gasteiger partial charge on any atom is -0.507 e. The Morgan fingerprint density at radius 1 is 1.05 bits per heavy atom. The van der Waals surface area contributed by atoms with Gasteiger partial charge >= 0.3 is 0 Å². The number of fused-ring (bicyclic) bond motifs is 4. The molecular formula is C27H31FN6O3. The van der Waals surface area contributed by atoms with Crippen LogP contribution in [-0.4, -0.2) is 72.9 Å². The molecule has 7 rings (SSSR count). The van der Waals surface area contributed by atoms with E-state index in [0.717, 1.165) is 37.3 Å². The number of nitrogens with zero attached hydrogens (tertiary/aromatic N) is 4. The number of aromatic nitrogens is 2. The fourth-order valence-corrected chi connectivity index (χ4v) is 5.46. The van der Waals surface area contributed by atoms with Gasteiger partial charge in [-0.2, -0.15) is 0 Å². The number of ether oxygens (including phenoxy) is 2. The number of hydrogen-bond donors (Lipinski definition) is 3. The highest BCUT2D eigenvalue weighted by Crippen LogP contribution is 2.35. The Balaban J connectivity index is 1.26. The topological polar surface area (TPSA) is 109 Å². The van der Waals surface area contributed by atoms with Crippen LogP contribution < -0.4 is 25.6 Å². The van der Waals surface area contributed by atoms with E-state index in [0.29, 0.717) is 49.1 Å². The molecule has 4 aliphatic rings. The number of nitrogens with one attached hydrogen (secondary N) is 1. The number of phenolic OH excluding ortho intramolecular Hbond substituents is 1. The number of rotatable bonds is 5. The number of phenols is 1. The van der Waals surface area contributed by atoms with Crippen molar-refractivity contribution in [2.45, 2.75) is 31.1 Å². The maximum absolute atomic E-state index is 14.7. The molecule has 0 saturated carbocycles. The Labute approximate surface area is 215 Å². The van der Waals surface area contributed by atoms with Gasteiger partial charge in [0.1, 0.15) is 23.4 Å². The van der Waals surface area contributed by atoms with E-state index in [9.17, 15) is 9.50 Å². The van der Waals surface area contributed by atoms with Gasteiger partial charge in [-0.05, 0) is 50.2 Å². The fraction of sp³-hybridized carbons (Fsp3) is 0.407. The molecule has 5 heterocycles. The molecule has 1 aromatic heterocycles. The molecule has 9 nitrogen and oxygen atoms in total. The minimum absolute atomic E-state index is 0.0200. The van der Waals surface area contributed by atoms with Gasteiger partial charge in [0.2, 0.25) is 0 Å². The van der Waals surface area contributed by atoms with E-state index < -0.39 is 0 Å². The smallest absolute Gasteiger partial charge is 0.169 e. The summed E-state index contributed by atoms with van der Waals surface area (Å²) in [5.74, 6) is 0.700. The van der Waals surface area contributed by atoms with Crippen molar-refractivity contribution in [2.24, 2.45) is 0 Å². The van der Waals surface area contributed by atoms with Crippen LogP contribution in [0.4, 0.5) is 21.6 Å². The van der Waals surface area contributed by atoms with Crippen LogP contribution in [-0.2, 0) is 4.74 Å². The van der Waals surface area contributed by atoms with Crippen LogP contribution in [0.15, 0.2) is 48.5 Å². The molecule has 4 saturated heterocycles. The van der Waals surface area contributed by atoms with Gasteiger partial charge in [0, 0.05) is 43.0 Å². The summed E-state index contributed by atoms with van der Waals surface area (Å²) in [6.45, 7) is 4.20. The first-order valence-corrected chi connectivity index (χ1v) is 12.8. The van der Waals surface area contributed by atoms with Crippen LogP contribution in [0.5, 0.6) is 11.5 Å². The number of benzene rings is 2. The highest BCUT2D eigenvalue weighted by Gasteiger charge is 2.37. The van der Waals surface area contributed by atoms with Crippen molar-refractivity contribution < 1.29 is 19.0 Å². The summed E-state index contributed by atoms with van der Waals surface area (Å²) in [6.07, 6.45) is 1.81. The monoisotopic (exact) mass is 506 g/mol. The summed E-state index contributed by atoms with van der Waals surface area (Å²) in [4.78, 5) is 4.36. The van der Waals surface area contributed by atoms with Gasteiger partial charge in [0.25, 0.3) is 0 Å². The number of nitrogens with two attached hydrogens (primary N) is 1. The third-order valence-corrected chi connectivity index (χ3v) is 7.32. The Hall–Kier alpha value is -3.63. The van der Waals surface area contributed by atoms with Crippen LogP contribution in [0.2, 0.25) is 0 Å². The van der Waals surface area contributed by atoms with Crippen molar-refractivity contribution >= 4 is 17.2 Å². The molecule has 0 spiro atoms. The lowest BCUT2D eigenvalue weighted by atomic mass is 10.1. The average molecular weight is 507 g/mol. The maximum atomic E-state index is 14.7. The van der Waals surface area contributed by atoms with Gasteiger partial charge in [-0.15, -0.1) is 10.2 Å². The number of aromatic hydroxyl groups is 1. The van der Waals surface area contributed by atoms with Crippen molar-refractivity contribution in [3.05, 3.63) is 54.3 Å². The van der Waals surface area contributed by atoms with Gasteiger partial charge in [0.15, 0.2) is 5.82 Å².